The zero-order valence-corrected chi connectivity index (χ0v) is 21.0. The molecule has 6 nitrogen and oxygen atoms in total. The summed E-state index contributed by atoms with van der Waals surface area (Å²) in [7, 11) is -3.45. The Labute approximate surface area is 198 Å². The Kier molecular flexibility index (Phi) is 8.54. The molecule has 2 aromatic carbocycles. The van der Waals surface area contributed by atoms with E-state index in [0.29, 0.717) is 43.9 Å². The number of hydrogen-bond donors (Lipinski definition) is 0. The van der Waals surface area contributed by atoms with Crippen molar-refractivity contribution in [2.75, 3.05) is 26.2 Å². The number of amides is 1. The highest BCUT2D eigenvalue weighted by Crippen LogP contribution is 2.24. The van der Waals surface area contributed by atoms with Crippen molar-refractivity contribution in [3.63, 3.8) is 0 Å². The van der Waals surface area contributed by atoms with E-state index in [2.05, 4.69) is 32.0 Å². The number of hydrogen-bond acceptors (Lipinski definition) is 4. The van der Waals surface area contributed by atoms with Crippen molar-refractivity contribution < 1.29 is 17.9 Å². The molecule has 0 aliphatic carbocycles. The highest BCUT2D eigenvalue weighted by Gasteiger charge is 2.24. The van der Waals surface area contributed by atoms with Gasteiger partial charge in [0.15, 0.2) is 0 Å². The highest BCUT2D eigenvalue weighted by molar-refractivity contribution is 7.89. The Bertz CT molecular complexity index is 1040. The molecule has 1 saturated heterocycles. The summed E-state index contributed by atoms with van der Waals surface area (Å²) in [4.78, 5) is 14.9. The third-order valence-electron chi connectivity index (χ3n) is 6.33. The molecule has 1 heterocycles. The van der Waals surface area contributed by atoms with E-state index in [1.54, 1.807) is 12.1 Å². The van der Waals surface area contributed by atoms with Gasteiger partial charge in [-0.3, -0.25) is 4.79 Å². The summed E-state index contributed by atoms with van der Waals surface area (Å²) in [5, 5.41) is 0. The van der Waals surface area contributed by atoms with Crippen molar-refractivity contribution in [3.8, 4) is 5.75 Å². The van der Waals surface area contributed by atoms with Crippen LogP contribution >= 0.6 is 0 Å². The van der Waals surface area contributed by atoms with Crippen LogP contribution in [0.3, 0.4) is 0 Å². The molecule has 1 fully saturated rings. The van der Waals surface area contributed by atoms with Gasteiger partial charge in [0.1, 0.15) is 11.9 Å². The highest BCUT2D eigenvalue weighted by atomic mass is 32.2. The zero-order chi connectivity index (χ0) is 24.0. The number of carbonyl (C=O) groups excluding carboxylic acids is 1. The van der Waals surface area contributed by atoms with Crippen LogP contribution in [0.25, 0.3) is 0 Å². The van der Waals surface area contributed by atoms with Gasteiger partial charge in [-0.05, 0) is 55.2 Å². The average Bonchev–Trinajstić information content (AvgIpc) is 2.81. The fourth-order valence-electron chi connectivity index (χ4n) is 4.19. The number of rotatable bonds is 9. The van der Waals surface area contributed by atoms with E-state index >= 15 is 0 Å². The fourth-order valence-corrected chi connectivity index (χ4v) is 5.64. The van der Waals surface area contributed by atoms with Crippen molar-refractivity contribution in [2.45, 2.75) is 64.4 Å². The SMILES string of the molecule is CCN(CC)S(=O)(=O)c1ccc(CCC(=O)N2CCC(Oc3cc(C)ccc3C)CC2)cc1. The normalized spacial score (nSPS) is 15.1. The third-order valence-corrected chi connectivity index (χ3v) is 8.39. The second kappa shape index (κ2) is 11.2. The molecule has 1 aliphatic heterocycles. The zero-order valence-electron chi connectivity index (χ0n) is 20.2. The van der Waals surface area contributed by atoms with Crippen molar-refractivity contribution in [3.05, 3.63) is 59.2 Å². The number of ether oxygens (including phenoxy) is 1. The van der Waals surface area contributed by atoms with Crippen LogP contribution in [0.4, 0.5) is 0 Å². The van der Waals surface area contributed by atoms with Crippen LogP contribution in [-0.4, -0.2) is 55.8 Å². The Morgan fingerprint density at radius 2 is 1.67 bits per heavy atom. The van der Waals surface area contributed by atoms with Crippen LogP contribution in [0.1, 0.15) is 49.8 Å². The maximum Gasteiger partial charge on any atom is 0.243 e. The molecule has 1 amide bonds. The first-order valence-corrected chi connectivity index (χ1v) is 13.3. The van der Waals surface area contributed by atoms with Crippen LogP contribution in [0, 0.1) is 13.8 Å². The largest absolute Gasteiger partial charge is 0.490 e. The topological polar surface area (TPSA) is 66.9 Å². The monoisotopic (exact) mass is 472 g/mol. The molecular formula is C26H36N2O4S. The van der Waals surface area contributed by atoms with Gasteiger partial charge in [0.2, 0.25) is 15.9 Å². The summed E-state index contributed by atoms with van der Waals surface area (Å²) in [6.45, 7) is 10.1. The number of likely N-dealkylation sites (tertiary alicyclic amines) is 1. The number of piperidine rings is 1. The maximum absolute atomic E-state index is 12.7. The molecule has 0 unspecified atom stereocenters. The van der Waals surface area contributed by atoms with Crippen LogP contribution in [-0.2, 0) is 21.2 Å². The van der Waals surface area contributed by atoms with E-state index in [-0.39, 0.29) is 12.0 Å². The number of nitrogens with zero attached hydrogens (tertiary/aromatic N) is 2. The Morgan fingerprint density at radius 3 is 2.27 bits per heavy atom. The molecule has 7 heteroatoms. The lowest BCUT2D eigenvalue weighted by molar-refractivity contribution is -0.132. The Hall–Kier alpha value is -2.38. The van der Waals surface area contributed by atoms with Crippen molar-refractivity contribution in [1.82, 2.24) is 9.21 Å². The molecule has 0 bridgehead atoms. The van der Waals surface area contributed by atoms with E-state index in [9.17, 15) is 13.2 Å². The number of aryl methyl sites for hydroxylation is 3. The summed E-state index contributed by atoms with van der Waals surface area (Å²) in [6.07, 6.45) is 2.82. The standard InChI is InChI=1S/C26H36N2O4S/c1-5-28(6-2)33(30,31)24-12-9-22(10-13-24)11-14-26(29)27-17-15-23(16-18-27)32-25-19-20(3)7-8-21(25)4/h7-10,12-13,19,23H,5-6,11,14-18H2,1-4H3. The van der Waals surface area contributed by atoms with E-state index < -0.39 is 10.0 Å². The van der Waals surface area contributed by atoms with Crippen molar-refractivity contribution in [2.24, 2.45) is 0 Å². The first-order chi connectivity index (χ1) is 15.7. The number of benzene rings is 2. The first-order valence-electron chi connectivity index (χ1n) is 11.8. The lowest BCUT2D eigenvalue weighted by atomic mass is 10.1. The van der Waals surface area contributed by atoms with Gasteiger partial charge in [0.25, 0.3) is 0 Å². The molecule has 3 rings (SSSR count). The third kappa shape index (κ3) is 6.36. The predicted molar refractivity (Wildman–Crippen MR) is 131 cm³/mol. The minimum Gasteiger partial charge on any atom is -0.490 e. The molecule has 0 N–H and O–H groups in total. The molecule has 0 spiro atoms. The maximum atomic E-state index is 12.7. The lowest BCUT2D eigenvalue weighted by Gasteiger charge is -2.32. The molecule has 0 radical (unpaired) electrons. The van der Waals surface area contributed by atoms with E-state index in [1.807, 2.05) is 30.9 Å². The van der Waals surface area contributed by atoms with Crippen LogP contribution in [0.5, 0.6) is 5.75 Å². The minimum atomic E-state index is -3.45. The van der Waals surface area contributed by atoms with Gasteiger partial charge >= 0.3 is 0 Å². The molecule has 33 heavy (non-hydrogen) atoms. The fraction of sp³-hybridized carbons (Fsp3) is 0.500. The van der Waals surface area contributed by atoms with Gasteiger partial charge in [-0.1, -0.05) is 38.1 Å². The van der Waals surface area contributed by atoms with Gasteiger partial charge in [-0.15, -0.1) is 0 Å². The lowest BCUT2D eigenvalue weighted by Crippen LogP contribution is -2.41. The van der Waals surface area contributed by atoms with Gasteiger partial charge in [-0.25, -0.2) is 8.42 Å². The summed E-state index contributed by atoms with van der Waals surface area (Å²) in [5.41, 5.74) is 3.28. The Balaban J connectivity index is 1.48. The summed E-state index contributed by atoms with van der Waals surface area (Å²) >= 11 is 0. The van der Waals surface area contributed by atoms with E-state index in [1.165, 1.54) is 9.87 Å². The second-order valence-corrected chi connectivity index (χ2v) is 10.6. The molecule has 0 saturated carbocycles. The number of sulfonamides is 1. The summed E-state index contributed by atoms with van der Waals surface area (Å²) < 4.78 is 32.9. The van der Waals surface area contributed by atoms with Crippen LogP contribution in [0.2, 0.25) is 0 Å². The molecule has 0 aromatic heterocycles. The summed E-state index contributed by atoms with van der Waals surface area (Å²) in [6, 6.07) is 13.1. The van der Waals surface area contributed by atoms with Crippen molar-refractivity contribution in [1.29, 1.82) is 0 Å². The predicted octanol–water partition coefficient (Wildman–Crippen LogP) is 4.34. The minimum absolute atomic E-state index is 0.134. The smallest absolute Gasteiger partial charge is 0.243 e. The van der Waals surface area contributed by atoms with Gasteiger partial charge in [-0.2, -0.15) is 4.31 Å². The molecule has 2 aromatic rings. The quantitative estimate of drug-likeness (QED) is 0.545. The van der Waals surface area contributed by atoms with Gasteiger partial charge in [0.05, 0.1) is 4.90 Å². The van der Waals surface area contributed by atoms with E-state index in [0.717, 1.165) is 29.7 Å². The molecule has 180 valence electrons. The average molecular weight is 473 g/mol. The summed E-state index contributed by atoms with van der Waals surface area (Å²) in [5.74, 6) is 1.08. The second-order valence-electron chi connectivity index (χ2n) is 8.70. The van der Waals surface area contributed by atoms with E-state index in [4.69, 9.17) is 4.74 Å². The van der Waals surface area contributed by atoms with Gasteiger partial charge < -0.3 is 9.64 Å². The van der Waals surface area contributed by atoms with Gasteiger partial charge in [0, 0.05) is 45.4 Å². The van der Waals surface area contributed by atoms with Crippen LogP contribution < -0.4 is 4.74 Å². The molecule has 0 atom stereocenters. The van der Waals surface area contributed by atoms with Crippen molar-refractivity contribution >= 4 is 15.9 Å². The van der Waals surface area contributed by atoms with Crippen LogP contribution in [0.15, 0.2) is 47.4 Å². The Morgan fingerprint density at radius 1 is 1.03 bits per heavy atom. The number of carbonyl (C=O) groups is 1. The molecular weight excluding hydrogens is 436 g/mol. The first kappa shape index (κ1) is 25.2. The molecule has 1 aliphatic rings.